The average molecular weight is 365 g/mol. The standard InChI is InChI=1S/C13H18BrO5P/c1-3-19-20(17,9-8-12(15)16)13(14)10-4-6-11(18-2)7-5-10/h4-7,13H,3,8-9H2,1-2H3,(H,15,16). The number of aliphatic carboxylic acids is 1. The molecule has 0 aromatic heterocycles. The number of benzene rings is 1. The second-order valence-corrected chi connectivity index (χ2v) is 8.42. The second-order valence-electron chi connectivity index (χ2n) is 4.12. The molecule has 20 heavy (non-hydrogen) atoms. The molecule has 5 nitrogen and oxygen atoms in total. The molecular formula is C13H18BrO5P. The fourth-order valence-corrected chi connectivity index (χ4v) is 5.03. The molecule has 1 aromatic rings. The van der Waals surface area contributed by atoms with E-state index in [1.54, 1.807) is 38.3 Å². The summed E-state index contributed by atoms with van der Waals surface area (Å²) in [5.41, 5.74) is 0.771. The minimum Gasteiger partial charge on any atom is -0.497 e. The van der Waals surface area contributed by atoms with Crippen LogP contribution in [0, 0.1) is 0 Å². The van der Waals surface area contributed by atoms with E-state index < -0.39 is 17.9 Å². The van der Waals surface area contributed by atoms with Crippen molar-refractivity contribution in [3.05, 3.63) is 29.8 Å². The molecule has 0 saturated heterocycles. The molecule has 0 radical (unpaired) electrons. The highest BCUT2D eigenvalue weighted by atomic mass is 79.9. The molecule has 0 heterocycles. The van der Waals surface area contributed by atoms with Crippen molar-refractivity contribution in [1.29, 1.82) is 0 Å². The van der Waals surface area contributed by atoms with Crippen molar-refractivity contribution in [3.63, 3.8) is 0 Å². The Hall–Kier alpha value is -0.840. The van der Waals surface area contributed by atoms with Crippen molar-refractivity contribution in [1.82, 2.24) is 0 Å². The number of rotatable bonds is 8. The van der Waals surface area contributed by atoms with Gasteiger partial charge in [0.2, 0.25) is 7.37 Å². The molecule has 0 spiro atoms. The van der Waals surface area contributed by atoms with Gasteiger partial charge in [0.05, 0.1) is 20.1 Å². The van der Waals surface area contributed by atoms with Crippen LogP contribution in [0.4, 0.5) is 0 Å². The molecule has 0 aliphatic heterocycles. The van der Waals surface area contributed by atoms with Gasteiger partial charge in [-0.05, 0) is 24.6 Å². The first-order valence-electron chi connectivity index (χ1n) is 6.16. The van der Waals surface area contributed by atoms with Crippen LogP contribution in [-0.2, 0) is 13.9 Å². The molecule has 7 heteroatoms. The van der Waals surface area contributed by atoms with Gasteiger partial charge in [-0.1, -0.05) is 28.1 Å². The largest absolute Gasteiger partial charge is 0.497 e. The monoisotopic (exact) mass is 364 g/mol. The Balaban J connectivity index is 2.93. The SMILES string of the molecule is CCOP(=O)(CCC(=O)O)C(Br)c1ccc(OC)cc1. The van der Waals surface area contributed by atoms with Crippen LogP contribution in [0.15, 0.2) is 24.3 Å². The summed E-state index contributed by atoms with van der Waals surface area (Å²) in [6.07, 6.45) is -0.187. The minimum atomic E-state index is -3.11. The quantitative estimate of drug-likeness (QED) is 0.559. The smallest absolute Gasteiger partial charge is 0.303 e. The van der Waals surface area contributed by atoms with Crippen LogP contribution < -0.4 is 4.74 Å². The van der Waals surface area contributed by atoms with E-state index >= 15 is 0 Å². The van der Waals surface area contributed by atoms with Gasteiger partial charge in [-0.3, -0.25) is 9.36 Å². The molecular weight excluding hydrogens is 347 g/mol. The van der Waals surface area contributed by atoms with E-state index in [-0.39, 0.29) is 19.2 Å². The average Bonchev–Trinajstić information content (AvgIpc) is 2.45. The van der Waals surface area contributed by atoms with Crippen LogP contribution in [-0.4, -0.2) is 31.0 Å². The zero-order valence-electron chi connectivity index (χ0n) is 11.4. The Morgan fingerprint density at radius 1 is 1.40 bits per heavy atom. The third-order valence-corrected chi connectivity index (χ3v) is 7.65. The Morgan fingerprint density at radius 3 is 2.45 bits per heavy atom. The van der Waals surface area contributed by atoms with Crippen molar-refractivity contribution in [3.8, 4) is 5.75 Å². The van der Waals surface area contributed by atoms with E-state index in [9.17, 15) is 9.36 Å². The first-order valence-corrected chi connectivity index (χ1v) is 8.95. The number of ether oxygens (including phenoxy) is 1. The molecule has 0 aliphatic rings. The number of methoxy groups -OCH3 is 1. The summed E-state index contributed by atoms with van der Waals surface area (Å²) < 4.78 is 22.7. The minimum absolute atomic E-state index is 0.00187. The molecule has 0 fully saturated rings. The van der Waals surface area contributed by atoms with Gasteiger partial charge in [0.15, 0.2) is 0 Å². The van der Waals surface area contributed by atoms with Crippen molar-refractivity contribution in [2.45, 2.75) is 17.9 Å². The van der Waals surface area contributed by atoms with Crippen LogP contribution in [0.2, 0.25) is 0 Å². The molecule has 2 atom stereocenters. The lowest BCUT2D eigenvalue weighted by Crippen LogP contribution is -2.06. The van der Waals surface area contributed by atoms with Gasteiger partial charge in [-0.15, -0.1) is 0 Å². The predicted molar refractivity (Wildman–Crippen MR) is 81.0 cm³/mol. The Morgan fingerprint density at radius 2 is 2.00 bits per heavy atom. The normalized spacial score (nSPS) is 15.3. The lowest BCUT2D eigenvalue weighted by molar-refractivity contribution is -0.136. The Labute approximate surface area is 126 Å². The van der Waals surface area contributed by atoms with E-state index in [0.717, 1.165) is 5.56 Å². The summed E-state index contributed by atoms with van der Waals surface area (Å²) in [7, 11) is -1.55. The second kappa shape index (κ2) is 7.81. The van der Waals surface area contributed by atoms with Gasteiger partial charge in [-0.2, -0.15) is 0 Å². The van der Waals surface area contributed by atoms with Crippen molar-refractivity contribution < 1.29 is 23.7 Å². The Bertz CT molecular complexity index is 488. The van der Waals surface area contributed by atoms with Gasteiger partial charge in [0.25, 0.3) is 0 Å². The fraction of sp³-hybridized carbons (Fsp3) is 0.462. The molecule has 0 bridgehead atoms. The molecule has 1 rings (SSSR count). The summed E-state index contributed by atoms with van der Waals surface area (Å²) in [5.74, 6) is -0.287. The highest BCUT2D eigenvalue weighted by Crippen LogP contribution is 2.63. The lowest BCUT2D eigenvalue weighted by atomic mass is 10.2. The molecule has 0 aliphatic carbocycles. The molecule has 2 unspecified atom stereocenters. The first-order chi connectivity index (χ1) is 9.42. The van der Waals surface area contributed by atoms with Gasteiger partial charge >= 0.3 is 5.97 Å². The van der Waals surface area contributed by atoms with E-state index in [1.165, 1.54) is 0 Å². The third-order valence-electron chi connectivity index (χ3n) is 2.72. The summed E-state index contributed by atoms with van der Waals surface area (Å²) in [4.78, 5) is 10.7. The predicted octanol–water partition coefficient (Wildman–Crippen LogP) is 3.88. The van der Waals surface area contributed by atoms with Gasteiger partial charge in [-0.25, -0.2) is 0 Å². The van der Waals surface area contributed by atoms with Gasteiger partial charge in [0.1, 0.15) is 10.3 Å². The molecule has 0 saturated carbocycles. The fourth-order valence-electron chi connectivity index (χ4n) is 1.70. The van der Waals surface area contributed by atoms with Crippen LogP contribution in [0.25, 0.3) is 0 Å². The molecule has 1 aromatic carbocycles. The maximum atomic E-state index is 12.8. The van der Waals surface area contributed by atoms with E-state index in [0.29, 0.717) is 5.75 Å². The summed E-state index contributed by atoms with van der Waals surface area (Å²) in [6, 6.07) is 7.09. The number of halogens is 1. The lowest BCUT2D eigenvalue weighted by Gasteiger charge is -2.23. The van der Waals surface area contributed by atoms with Crippen molar-refractivity contribution in [2.24, 2.45) is 0 Å². The van der Waals surface area contributed by atoms with E-state index in [1.807, 2.05) is 0 Å². The van der Waals surface area contributed by atoms with Crippen LogP contribution in [0.3, 0.4) is 0 Å². The maximum absolute atomic E-state index is 12.8. The van der Waals surface area contributed by atoms with Crippen molar-refractivity contribution >= 4 is 29.3 Å². The third kappa shape index (κ3) is 4.62. The summed E-state index contributed by atoms with van der Waals surface area (Å²) >= 11 is 3.38. The van der Waals surface area contributed by atoms with E-state index in [4.69, 9.17) is 14.4 Å². The number of carboxylic acids is 1. The topological polar surface area (TPSA) is 72.8 Å². The summed E-state index contributed by atoms with van der Waals surface area (Å²) in [6.45, 7) is 2.01. The number of carbonyl (C=O) groups is 1. The van der Waals surface area contributed by atoms with Crippen LogP contribution in [0.5, 0.6) is 5.75 Å². The molecule has 0 amide bonds. The number of alkyl halides is 1. The molecule has 112 valence electrons. The van der Waals surface area contributed by atoms with Gasteiger partial charge < -0.3 is 14.4 Å². The molecule has 1 N–H and O–H groups in total. The van der Waals surface area contributed by atoms with Crippen LogP contribution in [0.1, 0.15) is 23.5 Å². The van der Waals surface area contributed by atoms with E-state index in [2.05, 4.69) is 15.9 Å². The number of hydrogen-bond acceptors (Lipinski definition) is 4. The zero-order chi connectivity index (χ0) is 15.2. The van der Waals surface area contributed by atoms with Gasteiger partial charge in [0, 0.05) is 6.16 Å². The highest BCUT2D eigenvalue weighted by molar-refractivity contribution is 9.10. The number of hydrogen-bond donors (Lipinski definition) is 1. The van der Waals surface area contributed by atoms with Crippen LogP contribution >= 0.6 is 23.3 Å². The maximum Gasteiger partial charge on any atom is 0.303 e. The highest BCUT2D eigenvalue weighted by Gasteiger charge is 2.33. The Kier molecular flexibility index (Phi) is 6.72. The summed E-state index contributed by atoms with van der Waals surface area (Å²) in [5, 5.41) is 8.76. The number of carboxylic acid groups (broad SMARTS) is 1. The zero-order valence-corrected chi connectivity index (χ0v) is 13.9. The van der Waals surface area contributed by atoms with Crippen molar-refractivity contribution in [2.75, 3.05) is 19.9 Å². The first kappa shape index (κ1) is 17.2.